The molecule has 0 N–H and O–H groups in total. The Morgan fingerprint density at radius 1 is 1.23 bits per heavy atom. The van der Waals surface area contributed by atoms with E-state index in [9.17, 15) is 9.59 Å². The van der Waals surface area contributed by atoms with Gasteiger partial charge in [0.15, 0.2) is 0 Å². The van der Waals surface area contributed by atoms with Gasteiger partial charge in [0.2, 0.25) is 0 Å². The van der Waals surface area contributed by atoms with Crippen LogP contribution in [-0.2, 0) is 19.1 Å². The predicted molar refractivity (Wildman–Crippen MR) is 43.7 cm³/mol. The molecule has 0 radical (unpaired) electrons. The number of hydrogen-bond donors (Lipinski definition) is 0. The molecule has 0 spiro atoms. The van der Waals surface area contributed by atoms with Crippen LogP contribution < -0.4 is 0 Å². The topological polar surface area (TPSA) is 57.0 Å². The second-order valence-electron chi connectivity index (χ2n) is 2.11. The van der Waals surface area contributed by atoms with Gasteiger partial charge in [0.05, 0.1) is 0 Å². The van der Waals surface area contributed by atoms with E-state index >= 15 is 0 Å². The van der Waals surface area contributed by atoms with Gasteiger partial charge in [0.1, 0.15) is 13.2 Å². The first-order valence-corrected chi connectivity index (χ1v) is 3.85. The van der Waals surface area contributed by atoms with Crippen LogP contribution in [0.2, 0.25) is 0 Å². The largest absolute Gasteiger partial charge is 0.462 e. The van der Waals surface area contributed by atoms with E-state index in [0.29, 0.717) is 6.42 Å². The van der Waals surface area contributed by atoms with Crippen molar-refractivity contribution in [2.24, 2.45) is 0 Å². The second kappa shape index (κ2) is 7.10. The van der Waals surface area contributed by atoms with Crippen LogP contribution >= 0.6 is 0 Å². The zero-order valence-corrected chi connectivity index (χ0v) is 7.41. The Kier molecular flexibility index (Phi) is 6.24. The normalized spacial score (nSPS) is 8.62. The third-order valence-corrected chi connectivity index (χ3v) is 1.11. The van der Waals surface area contributed by atoms with Gasteiger partial charge in [-0.15, -0.1) is 0 Å². The molecule has 0 amide bonds. The SMILES string of the molecule is [C-]#[N+]CC(=O)OCCOC(=O)CC. The molecule has 0 heterocycles. The minimum absolute atomic E-state index is 0.0140. The summed E-state index contributed by atoms with van der Waals surface area (Å²) in [6.45, 7) is 7.80. The van der Waals surface area contributed by atoms with Crippen LogP contribution in [0.1, 0.15) is 13.3 Å². The highest BCUT2D eigenvalue weighted by Gasteiger charge is 2.05. The van der Waals surface area contributed by atoms with E-state index in [1.807, 2.05) is 0 Å². The Bertz CT molecular complexity index is 219. The van der Waals surface area contributed by atoms with Crippen LogP contribution in [0.4, 0.5) is 0 Å². The van der Waals surface area contributed by atoms with Crippen molar-refractivity contribution in [3.8, 4) is 0 Å². The van der Waals surface area contributed by atoms with Crippen molar-refractivity contribution < 1.29 is 19.1 Å². The highest BCUT2D eigenvalue weighted by Crippen LogP contribution is 1.86. The number of carbonyl (C=O) groups is 2. The Morgan fingerprint density at radius 3 is 2.23 bits per heavy atom. The zero-order chi connectivity index (χ0) is 10.1. The molecule has 0 unspecified atom stereocenters. The lowest BCUT2D eigenvalue weighted by molar-refractivity contribution is -0.150. The van der Waals surface area contributed by atoms with Crippen LogP contribution in [0.3, 0.4) is 0 Å². The highest BCUT2D eigenvalue weighted by atomic mass is 16.6. The lowest BCUT2D eigenvalue weighted by Gasteiger charge is -2.02. The molecule has 0 atom stereocenters. The fraction of sp³-hybridized carbons (Fsp3) is 0.625. The molecule has 0 aliphatic heterocycles. The van der Waals surface area contributed by atoms with Gasteiger partial charge < -0.3 is 14.3 Å². The zero-order valence-electron chi connectivity index (χ0n) is 7.41. The number of hydrogen-bond acceptors (Lipinski definition) is 4. The summed E-state index contributed by atoms with van der Waals surface area (Å²) in [4.78, 5) is 24.0. The average molecular weight is 185 g/mol. The standard InChI is InChI=1S/C8H11NO4/c1-3-7(10)12-4-5-13-8(11)6-9-2/h3-6H2,1H3. The molecule has 72 valence electrons. The Labute approximate surface area is 76.4 Å². The maximum atomic E-state index is 10.6. The Hall–Kier alpha value is -1.57. The van der Waals surface area contributed by atoms with Gasteiger partial charge in [-0.3, -0.25) is 4.79 Å². The minimum atomic E-state index is -0.595. The molecule has 0 saturated heterocycles. The van der Waals surface area contributed by atoms with E-state index in [4.69, 9.17) is 6.57 Å². The maximum Gasteiger partial charge on any atom is 0.387 e. The molecular formula is C8H11NO4. The summed E-state index contributed by atoms with van der Waals surface area (Å²) in [5.41, 5.74) is 0. The van der Waals surface area contributed by atoms with Crippen LogP contribution in [0.25, 0.3) is 4.85 Å². The summed E-state index contributed by atoms with van der Waals surface area (Å²) in [6.07, 6.45) is 0.302. The van der Waals surface area contributed by atoms with Crippen molar-refractivity contribution in [1.29, 1.82) is 0 Å². The van der Waals surface area contributed by atoms with E-state index in [-0.39, 0.29) is 25.7 Å². The third kappa shape index (κ3) is 6.81. The molecule has 0 aliphatic rings. The molecule has 0 aromatic heterocycles. The summed E-state index contributed by atoms with van der Waals surface area (Å²) in [5, 5.41) is 0. The molecule has 0 fully saturated rings. The predicted octanol–water partition coefficient (Wildman–Crippen LogP) is 0.402. The summed E-state index contributed by atoms with van der Waals surface area (Å²) >= 11 is 0. The van der Waals surface area contributed by atoms with Crippen molar-refractivity contribution in [3.05, 3.63) is 11.4 Å². The van der Waals surface area contributed by atoms with Gasteiger partial charge in [0.25, 0.3) is 0 Å². The van der Waals surface area contributed by atoms with Gasteiger partial charge in [-0.25, -0.2) is 11.4 Å². The second-order valence-corrected chi connectivity index (χ2v) is 2.11. The summed E-state index contributed by atoms with van der Waals surface area (Å²) in [6, 6.07) is 0. The molecule has 0 aliphatic carbocycles. The van der Waals surface area contributed by atoms with Crippen molar-refractivity contribution in [2.75, 3.05) is 19.8 Å². The van der Waals surface area contributed by atoms with Crippen molar-refractivity contribution in [3.63, 3.8) is 0 Å². The number of nitrogens with zero attached hydrogens (tertiary/aromatic N) is 1. The van der Waals surface area contributed by atoms with E-state index < -0.39 is 5.97 Å². The third-order valence-electron chi connectivity index (χ3n) is 1.11. The fourth-order valence-corrected chi connectivity index (χ4v) is 0.523. The van der Waals surface area contributed by atoms with E-state index in [1.165, 1.54) is 0 Å². The van der Waals surface area contributed by atoms with E-state index in [0.717, 1.165) is 0 Å². The van der Waals surface area contributed by atoms with Crippen molar-refractivity contribution >= 4 is 11.9 Å². The summed E-state index contributed by atoms with van der Waals surface area (Å²) < 4.78 is 9.17. The lowest BCUT2D eigenvalue weighted by atomic mass is 10.5. The van der Waals surface area contributed by atoms with Gasteiger partial charge >= 0.3 is 18.5 Å². The highest BCUT2D eigenvalue weighted by molar-refractivity contribution is 5.73. The summed E-state index contributed by atoms with van der Waals surface area (Å²) in [7, 11) is 0. The molecule has 0 saturated carbocycles. The molecule has 13 heavy (non-hydrogen) atoms. The van der Waals surface area contributed by atoms with E-state index in [2.05, 4.69) is 14.3 Å². The fourth-order valence-electron chi connectivity index (χ4n) is 0.523. The average Bonchev–Trinajstić information content (AvgIpc) is 2.12. The Balaban J connectivity index is 3.31. The number of rotatable bonds is 5. The molecule has 0 aromatic rings. The first-order valence-electron chi connectivity index (χ1n) is 3.85. The number of carbonyl (C=O) groups excluding carboxylic acids is 2. The minimum Gasteiger partial charge on any atom is -0.462 e. The lowest BCUT2D eigenvalue weighted by Crippen LogP contribution is -2.14. The van der Waals surface area contributed by atoms with Gasteiger partial charge in [-0.05, 0) is 0 Å². The van der Waals surface area contributed by atoms with Crippen LogP contribution in [0, 0.1) is 6.57 Å². The number of ether oxygens (including phenoxy) is 2. The molecule has 5 nitrogen and oxygen atoms in total. The van der Waals surface area contributed by atoms with Gasteiger partial charge in [-0.2, -0.15) is 0 Å². The maximum absolute atomic E-state index is 10.6. The van der Waals surface area contributed by atoms with Crippen LogP contribution in [-0.4, -0.2) is 31.7 Å². The quantitative estimate of drug-likeness (QED) is 0.353. The van der Waals surface area contributed by atoms with Crippen molar-refractivity contribution in [1.82, 2.24) is 0 Å². The molecule has 5 heteroatoms. The molecule has 0 aromatic carbocycles. The monoisotopic (exact) mass is 185 g/mol. The van der Waals surface area contributed by atoms with Gasteiger partial charge in [0, 0.05) is 6.42 Å². The van der Waals surface area contributed by atoms with E-state index in [1.54, 1.807) is 6.92 Å². The molecule has 0 bridgehead atoms. The molecule has 0 rings (SSSR count). The van der Waals surface area contributed by atoms with Crippen LogP contribution in [0.15, 0.2) is 0 Å². The Morgan fingerprint density at radius 2 is 1.77 bits per heavy atom. The van der Waals surface area contributed by atoms with Crippen molar-refractivity contribution in [2.45, 2.75) is 13.3 Å². The first kappa shape index (κ1) is 11.4. The molecular weight excluding hydrogens is 174 g/mol. The summed E-state index contributed by atoms with van der Waals surface area (Å²) in [5.74, 6) is -0.927. The smallest absolute Gasteiger partial charge is 0.387 e. The van der Waals surface area contributed by atoms with Gasteiger partial charge in [-0.1, -0.05) is 6.92 Å². The number of esters is 2. The first-order chi connectivity index (χ1) is 6.20. The van der Waals surface area contributed by atoms with Crippen LogP contribution in [0.5, 0.6) is 0 Å².